The summed E-state index contributed by atoms with van der Waals surface area (Å²) in [6.45, 7) is 1.72. The number of ether oxygens (including phenoxy) is 1. The highest BCUT2D eigenvalue weighted by Crippen LogP contribution is 2.14. The van der Waals surface area contributed by atoms with E-state index < -0.39 is 0 Å². The van der Waals surface area contributed by atoms with Gasteiger partial charge in [0.25, 0.3) is 0 Å². The van der Waals surface area contributed by atoms with Gasteiger partial charge in [-0.1, -0.05) is 11.6 Å². The van der Waals surface area contributed by atoms with Crippen LogP contribution in [-0.2, 0) is 4.74 Å². The van der Waals surface area contributed by atoms with Gasteiger partial charge in [0.05, 0.1) is 19.3 Å². The summed E-state index contributed by atoms with van der Waals surface area (Å²) >= 11 is 0. The average Bonchev–Trinajstić information content (AvgIpc) is 2.33. The lowest BCUT2D eigenvalue weighted by Gasteiger charge is -2.01. The van der Waals surface area contributed by atoms with Crippen molar-refractivity contribution in [1.29, 1.82) is 5.26 Å². The third-order valence-corrected chi connectivity index (χ3v) is 2.05. The molecule has 0 fully saturated rings. The topological polar surface area (TPSA) is 33.0 Å². The molecule has 2 heteroatoms. The van der Waals surface area contributed by atoms with Gasteiger partial charge in [-0.2, -0.15) is 5.26 Å². The lowest BCUT2D eigenvalue weighted by atomic mass is 10.1. The van der Waals surface area contributed by atoms with E-state index in [0.29, 0.717) is 6.42 Å². The van der Waals surface area contributed by atoms with Crippen LogP contribution in [0.2, 0.25) is 0 Å². The first-order valence-corrected chi connectivity index (χ1v) is 4.56. The summed E-state index contributed by atoms with van der Waals surface area (Å²) in [6, 6.07) is 2.16. The highest BCUT2D eigenvalue weighted by atomic mass is 16.5. The smallest absolute Gasteiger partial charge is 0.0621 e. The van der Waals surface area contributed by atoms with E-state index in [-0.39, 0.29) is 0 Å². The predicted octanol–water partition coefficient (Wildman–Crippen LogP) is 2.42. The molecule has 1 aliphatic heterocycles. The van der Waals surface area contributed by atoms with Crippen molar-refractivity contribution in [2.45, 2.75) is 32.1 Å². The fourth-order valence-corrected chi connectivity index (χ4v) is 1.38. The number of nitrogens with zero attached hydrogens (tertiary/aromatic N) is 1. The van der Waals surface area contributed by atoms with Gasteiger partial charge in [0.15, 0.2) is 0 Å². The third-order valence-electron chi connectivity index (χ3n) is 2.05. The van der Waals surface area contributed by atoms with Crippen LogP contribution in [-0.4, -0.2) is 13.2 Å². The van der Waals surface area contributed by atoms with Crippen molar-refractivity contribution in [2.24, 2.45) is 0 Å². The molecule has 12 heavy (non-hydrogen) atoms. The molecule has 0 atom stereocenters. The van der Waals surface area contributed by atoms with Crippen LogP contribution in [0.4, 0.5) is 0 Å². The van der Waals surface area contributed by atoms with E-state index in [1.54, 1.807) is 0 Å². The average molecular weight is 165 g/mol. The minimum absolute atomic E-state index is 0.679. The highest BCUT2D eigenvalue weighted by Gasteiger charge is 2.01. The minimum Gasteiger partial charge on any atom is -0.381 e. The minimum atomic E-state index is 0.679. The van der Waals surface area contributed by atoms with Crippen molar-refractivity contribution in [2.75, 3.05) is 13.2 Å². The Morgan fingerprint density at radius 2 is 2.42 bits per heavy atom. The van der Waals surface area contributed by atoms with Crippen molar-refractivity contribution < 1.29 is 4.74 Å². The molecule has 0 aromatic carbocycles. The molecule has 0 spiro atoms. The molecule has 0 saturated heterocycles. The first-order valence-electron chi connectivity index (χ1n) is 4.56. The fourth-order valence-electron chi connectivity index (χ4n) is 1.38. The number of hydrogen-bond donors (Lipinski definition) is 0. The van der Waals surface area contributed by atoms with Crippen LogP contribution in [0.1, 0.15) is 32.1 Å². The summed E-state index contributed by atoms with van der Waals surface area (Å²) in [5.41, 5.74) is 1.47. The van der Waals surface area contributed by atoms with Crippen LogP contribution >= 0.6 is 0 Å². The maximum atomic E-state index is 8.36. The second-order valence-electron chi connectivity index (χ2n) is 3.03. The Kier molecular flexibility index (Phi) is 4.48. The zero-order valence-corrected chi connectivity index (χ0v) is 7.38. The molecule has 0 aromatic rings. The zero-order chi connectivity index (χ0) is 8.65. The summed E-state index contributed by atoms with van der Waals surface area (Å²) in [5.74, 6) is 0. The van der Waals surface area contributed by atoms with E-state index >= 15 is 0 Å². The van der Waals surface area contributed by atoms with E-state index in [1.165, 1.54) is 5.57 Å². The van der Waals surface area contributed by atoms with Crippen LogP contribution in [0.5, 0.6) is 0 Å². The van der Waals surface area contributed by atoms with Crippen molar-refractivity contribution in [3.63, 3.8) is 0 Å². The highest BCUT2D eigenvalue weighted by molar-refractivity contribution is 5.03. The normalized spacial score (nSPS) is 17.8. The number of hydrogen-bond acceptors (Lipinski definition) is 2. The van der Waals surface area contributed by atoms with E-state index in [9.17, 15) is 0 Å². The molecule has 0 bridgehead atoms. The van der Waals surface area contributed by atoms with Crippen molar-refractivity contribution in [3.05, 3.63) is 11.6 Å². The largest absolute Gasteiger partial charge is 0.381 e. The maximum Gasteiger partial charge on any atom is 0.0621 e. The molecular weight excluding hydrogens is 150 g/mol. The van der Waals surface area contributed by atoms with Crippen LogP contribution in [0.25, 0.3) is 0 Å². The van der Waals surface area contributed by atoms with Gasteiger partial charge in [0.1, 0.15) is 0 Å². The number of unbranched alkanes of at least 4 members (excludes halogenated alkanes) is 1. The van der Waals surface area contributed by atoms with E-state index in [4.69, 9.17) is 10.00 Å². The SMILES string of the molecule is N#CCCCC1=CCCOCC1. The van der Waals surface area contributed by atoms with Crippen molar-refractivity contribution in [1.82, 2.24) is 0 Å². The number of rotatable bonds is 3. The molecule has 1 heterocycles. The second kappa shape index (κ2) is 5.79. The van der Waals surface area contributed by atoms with Crippen molar-refractivity contribution in [3.8, 4) is 6.07 Å². The predicted molar refractivity (Wildman–Crippen MR) is 47.6 cm³/mol. The molecule has 1 rings (SSSR count). The molecule has 0 unspecified atom stereocenters. The van der Waals surface area contributed by atoms with Gasteiger partial charge < -0.3 is 4.74 Å². The van der Waals surface area contributed by atoms with E-state index in [0.717, 1.165) is 38.9 Å². The van der Waals surface area contributed by atoms with E-state index in [1.807, 2.05) is 0 Å². The lowest BCUT2D eigenvalue weighted by molar-refractivity contribution is 0.146. The summed E-state index contributed by atoms with van der Waals surface area (Å²) in [4.78, 5) is 0. The molecule has 0 radical (unpaired) electrons. The Balaban J connectivity index is 2.20. The first-order chi connectivity index (χ1) is 5.93. The Hall–Kier alpha value is -0.810. The second-order valence-corrected chi connectivity index (χ2v) is 3.03. The molecule has 1 aliphatic rings. The van der Waals surface area contributed by atoms with Crippen LogP contribution in [0, 0.1) is 11.3 Å². The third kappa shape index (κ3) is 3.54. The van der Waals surface area contributed by atoms with Gasteiger partial charge in [0.2, 0.25) is 0 Å². The lowest BCUT2D eigenvalue weighted by Crippen LogP contribution is -1.92. The van der Waals surface area contributed by atoms with Gasteiger partial charge in [-0.3, -0.25) is 0 Å². The van der Waals surface area contributed by atoms with Gasteiger partial charge in [0, 0.05) is 6.42 Å². The summed E-state index contributed by atoms with van der Waals surface area (Å²) in [5, 5.41) is 8.36. The molecule has 66 valence electrons. The van der Waals surface area contributed by atoms with E-state index in [2.05, 4.69) is 12.1 Å². The van der Waals surface area contributed by atoms with Gasteiger partial charge in [-0.25, -0.2) is 0 Å². The van der Waals surface area contributed by atoms with Crippen molar-refractivity contribution >= 4 is 0 Å². The molecular formula is C10H15NO. The number of nitriles is 1. The Morgan fingerprint density at radius 3 is 3.25 bits per heavy atom. The maximum absolute atomic E-state index is 8.36. The standard InChI is InChI=1S/C10H15NO/c11-7-2-1-4-10-5-3-8-12-9-6-10/h5H,1-4,6,8-9H2. The molecule has 0 N–H and O–H groups in total. The van der Waals surface area contributed by atoms with Gasteiger partial charge in [-0.15, -0.1) is 0 Å². The van der Waals surface area contributed by atoms with Crippen LogP contribution in [0.15, 0.2) is 11.6 Å². The first kappa shape index (κ1) is 9.28. The summed E-state index contributed by atoms with van der Waals surface area (Å²) in [7, 11) is 0. The summed E-state index contributed by atoms with van der Waals surface area (Å²) in [6.07, 6.45) is 7.13. The molecule has 0 saturated carbocycles. The molecule has 0 aliphatic carbocycles. The Labute approximate surface area is 73.8 Å². The molecule has 2 nitrogen and oxygen atoms in total. The van der Waals surface area contributed by atoms with Gasteiger partial charge in [-0.05, 0) is 25.7 Å². The quantitative estimate of drug-likeness (QED) is 0.475. The molecule has 0 aromatic heterocycles. The summed E-state index contributed by atoms with van der Waals surface area (Å²) < 4.78 is 5.31. The molecule has 0 amide bonds. The zero-order valence-electron chi connectivity index (χ0n) is 7.38. The Morgan fingerprint density at radius 1 is 1.50 bits per heavy atom. The monoisotopic (exact) mass is 165 g/mol. The Bertz CT molecular complexity index is 191. The van der Waals surface area contributed by atoms with Crippen LogP contribution in [0.3, 0.4) is 0 Å². The van der Waals surface area contributed by atoms with Gasteiger partial charge >= 0.3 is 0 Å². The van der Waals surface area contributed by atoms with Crippen LogP contribution < -0.4 is 0 Å². The fraction of sp³-hybridized carbons (Fsp3) is 0.700.